The van der Waals surface area contributed by atoms with E-state index in [0.29, 0.717) is 0 Å². The summed E-state index contributed by atoms with van der Waals surface area (Å²) in [4.78, 5) is 38.4. The normalized spacial score (nSPS) is 25.0. The maximum absolute atomic E-state index is 12.4. The van der Waals surface area contributed by atoms with Crippen molar-refractivity contribution in [3.8, 4) is 0 Å². The summed E-state index contributed by atoms with van der Waals surface area (Å²) in [6, 6.07) is 6.06. The molecule has 1 aliphatic heterocycles. The fourth-order valence-corrected chi connectivity index (χ4v) is 4.54. The molecule has 0 bridgehead atoms. The van der Waals surface area contributed by atoms with Crippen LogP contribution in [0.1, 0.15) is 49.7 Å². The lowest BCUT2D eigenvalue weighted by molar-refractivity contribution is -0.140. The number of imide groups is 1. The SMILES string of the molecule is O=C(CCN1C(=O)C2CCCCC2C1=O)Nc1ccc2c(c1)CCC2. The van der Waals surface area contributed by atoms with Crippen LogP contribution in [0.5, 0.6) is 0 Å². The zero-order valence-electron chi connectivity index (χ0n) is 14.4. The predicted molar refractivity (Wildman–Crippen MR) is 93.9 cm³/mol. The van der Waals surface area contributed by atoms with Crippen LogP contribution in [0.15, 0.2) is 18.2 Å². The standard InChI is InChI=1S/C20H24N2O3/c23-18(21-15-9-8-13-4-3-5-14(13)12-15)10-11-22-19(24)16-6-1-2-7-17(16)20(22)25/h8-9,12,16-17H,1-7,10-11H2,(H,21,23). The number of carbonyl (C=O) groups excluding carboxylic acids is 3. The molecule has 3 amide bonds. The van der Waals surface area contributed by atoms with Crippen LogP contribution >= 0.6 is 0 Å². The van der Waals surface area contributed by atoms with E-state index in [1.54, 1.807) is 0 Å². The average molecular weight is 340 g/mol. The Labute approximate surface area is 147 Å². The zero-order chi connectivity index (χ0) is 17.4. The summed E-state index contributed by atoms with van der Waals surface area (Å²) in [5, 5.41) is 2.90. The van der Waals surface area contributed by atoms with Gasteiger partial charge in [0.15, 0.2) is 0 Å². The van der Waals surface area contributed by atoms with Crippen LogP contribution in [0.4, 0.5) is 5.69 Å². The maximum Gasteiger partial charge on any atom is 0.233 e. The highest BCUT2D eigenvalue weighted by Gasteiger charge is 2.47. The Hall–Kier alpha value is -2.17. The van der Waals surface area contributed by atoms with Crippen LogP contribution in [-0.4, -0.2) is 29.2 Å². The number of amides is 3. The third-order valence-electron chi connectivity index (χ3n) is 5.88. The first-order valence-electron chi connectivity index (χ1n) is 9.40. The van der Waals surface area contributed by atoms with Gasteiger partial charge in [-0.05, 0) is 55.4 Å². The molecule has 1 aromatic carbocycles. The first-order valence-corrected chi connectivity index (χ1v) is 9.40. The molecule has 0 radical (unpaired) electrons. The minimum Gasteiger partial charge on any atom is -0.326 e. The van der Waals surface area contributed by atoms with E-state index < -0.39 is 0 Å². The van der Waals surface area contributed by atoms with Crippen molar-refractivity contribution in [2.24, 2.45) is 11.8 Å². The minimum atomic E-state index is -0.145. The molecule has 0 aromatic heterocycles. The van der Waals surface area contributed by atoms with Crippen LogP contribution in [-0.2, 0) is 27.2 Å². The van der Waals surface area contributed by atoms with Gasteiger partial charge in [0.05, 0.1) is 11.8 Å². The molecule has 2 atom stereocenters. The monoisotopic (exact) mass is 340 g/mol. The number of carbonyl (C=O) groups is 3. The quantitative estimate of drug-likeness (QED) is 0.857. The average Bonchev–Trinajstić information content (AvgIpc) is 3.17. The molecule has 3 aliphatic rings. The first kappa shape index (κ1) is 16.3. The van der Waals surface area contributed by atoms with Gasteiger partial charge in [-0.25, -0.2) is 0 Å². The predicted octanol–water partition coefficient (Wildman–Crippen LogP) is 2.68. The van der Waals surface area contributed by atoms with Gasteiger partial charge in [-0.2, -0.15) is 0 Å². The van der Waals surface area contributed by atoms with Gasteiger partial charge in [0.2, 0.25) is 17.7 Å². The summed E-state index contributed by atoms with van der Waals surface area (Å²) in [7, 11) is 0. The highest BCUT2D eigenvalue weighted by molar-refractivity contribution is 6.05. The molecule has 1 saturated heterocycles. The molecule has 1 heterocycles. The molecule has 2 fully saturated rings. The Kier molecular flexibility index (Phi) is 4.32. The highest BCUT2D eigenvalue weighted by Crippen LogP contribution is 2.38. The Morgan fingerprint density at radius 2 is 1.68 bits per heavy atom. The van der Waals surface area contributed by atoms with Crippen LogP contribution < -0.4 is 5.32 Å². The third-order valence-corrected chi connectivity index (χ3v) is 5.88. The van der Waals surface area contributed by atoms with Gasteiger partial charge in [-0.15, -0.1) is 0 Å². The molecule has 5 heteroatoms. The van der Waals surface area contributed by atoms with E-state index in [9.17, 15) is 14.4 Å². The molecular weight excluding hydrogens is 316 g/mol. The zero-order valence-corrected chi connectivity index (χ0v) is 14.4. The Morgan fingerprint density at radius 3 is 2.40 bits per heavy atom. The van der Waals surface area contributed by atoms with E-state index in [2.05, 4.69) is 11.4 Å². The summed E-state index contributed by atoms with van der Waals surface area (Å²) >= 11 is 0. The molecule has 2 unspecified atom stereocenters. The summed E-state index contributed by atoms with van der Waals surface area (Å²) in [5.74, 6) is -0.560. The van der Waals surface area contributed by atoms with Crippen molar-refractivity contribution in [2.45, 2.75) is 51.4 Å². The van der Waals surface area contributed by atoms with E-state index in [4.69, 9.17) is 0 Å². The highest BCUT2D eigenvalue weighted by atomic mass is 16.2. The minimum absolute atomic E-state index is 0.0694. The van der Waals surface area contributed by atoms with Crippen LogP contribution in [0, 0.1) is 11.8 Å². The van der Waals surface area contributed by atoms with Crippen molar-refractivity contribution >= 4 is 23.4 Å². The van der Waals surface area contributed by atoms with Crippen LogP contribution in [0.2, 0.25) is 0 Å². The van der Waals surface area contributed by atoms with Gasteiger partial charge in [-0.1, -0.05) is 18.9 Å². The number of aryl methyl sites for hydroxylation is 2. The molecule has 0 spiro atoms. The summed E-state index contributed by atoms with van der Waals surface area (Å²) in [6.45, 7) is 0.196. The number of anilines is 1. The molecule has 1 saturated carbocycles. The van der Waals surface area contributed by atoms with Crippen molar-refractivity contribution in [2.75, 3.05) is 11.9 Å². The van der Waals surface area contributed by atoms with Gasteiger partial charge in [-0.3, -0.25) is 19.3 Å². The first-order chi connectivity index (χ1) is 12.1. The number of hydrogen-bond donors (Lipinski definition) is 1. The topological polar surface area (TPSA) is 66.5 Å². The number of likely N-dealkylation sites (tertiary alicyclic amines) is 1. The molecule has 5 nitrogen and oxygen atoms in total. The van der Waals surface area contributed by atoms with E-state index >= 15 is 0 Å². The lowest BCUT2D eigenvalue weighted by atomic mass is 9.81. The van der Waals surface area contributed by atoms with Gasteiger partial charge < -0.3 is 5.32 Å². The number of rotatable bonds is 4. The van der Waals surface area contributed by atoms with E-state index in [1.807, 2.05) is 12.1 Å². The van der Waals surface area contributed by atoms with Crippen molar-refractivity contribution in [3.05, 3.63) is 29.3 Å². The van der Waals surface area contributed by atoms with Gasteiger partial charge >= 0.3 is 0 Å². The number of nitrogens with one attached hydrogen (secondary N) is 1. The number of fused-ring (bicyclic) bond motifs is 2. The molecular formula is C20H24N2O3. The molecule has 1 aromatic rings. The van der Waals surface area contributed by atoms with Crippen LogP contribution in [0.25, 0.3) is 0 Å². The lowest BCUT2D eigenvalue weighted by Gasteiger charge is -2.19. The van der Waals surface area contributed by atoms with E-state index in [1.165, 1.54) is 22.4 Å². The second kappa shape index (κ2) is 6.62. The Balaban J connectivity index is 1.34. The van der Waals surface area contributed by atoms with Crippen molar-refractivity contribution < 1.29 is 14.4 Å². The molecule has 25 heavy (non-hydrogen) atoms. The largest absolute Gasteiger partial charge is 0.326 e. The Morgan fingerprint density at radius 1 is 1.00 bits per heavy atom. The number of nitrogens with zero attached hydrogens (tertiary/aromatic N) is 1. The van der Waals surface area contributed by atoms with Gasteiger partial charge in [0, 0.05) is 18.7 Å². The fourth-order valence-electron chi connectivity index (χ4n) is 4.54. The Bertz CT molecular complexity index is 704. The van der Waals surface area contributed by atoms with E-state index in [-0.39, 0.29) is 42.5 Å². The summed E-state index contributed by atoms with van der Waals surface area (Å²) in [5.41, 5.74) is 3.49. The van der Waals surface area contributed by atoms with Gasteiger partial charge in [0.25, 0.3) is 0 Å². The second-order valence-corrected chi connectivity index (χ2v) is 7.46. The van der Waals surface area contributed by atoms with Crippen LogP contribution in [0.3, 0.4) is 0 Å². The van der Waals surface area contributed by atoms with Crippen molar-refractivity contribution in [3.63, 3.8) is 0 Å². The lowest BCUT2D eigenvalue weighted by Crippen LogP contribution is -2.34. The van der Waals surface area contributed by atoms with Crippen molar-refractivity contribution in [1.29, 1.82) is 0 Å². The molecule has 132 valence electrons. The number of hydrogen-bond acceptors (Lipinski definition) is 3. The molecule has 2 aliphatic carbocycles. The summed E-state index contributed by atoms with van der Waals surface area (Å²) in [6.07, 6.45) is 7.19. The third kappa shape index (κ3) is 3.08. The smallest absolute Gasteiger partial charge is 0.233 e. The fraction of sp³-hybridized carbons (Fsp3) is 0.550. The second-order valence-electron chi connectivity index (χ2n) is 7.46. The summed E-state index contributed by atoms with van der Waals surface area (Å²) < 4.78 is 0. The van der Waals surface area contributed by atoms with Gasteiger partial charge in [0.1, 0.15) is 0 Å². The number of benzene rings is 1. The van der Waals surface area contributed by atoms with Crippen molar-refractivity contribution in [1.82, 2.24) is 4.90 Å². The molecule has 4 rings (SSSR count). The molecule has 1 N–H and O–H groups in total. The maximum atomic E-state index is 12.4. The van der Waals surface area contributed by atoms with E-state index in [0.717, 1.165) is 44.2 Å².